The third-order valence-corrected chi connectivity index (χ3v) is 6.50. The van der Waals surface area contributed by atoms with Crippen LogP contribution in [0.1, 0.15) is 45.4 Å². The number of aliphatic hydroxyl groups is 1. The van der Waals surface area contributed by atoms with Crippen molar-refractivity contribution in [2.24, 2.45) is 0 Å². The molecule has 0 aromatic heterocycles. The van der Waals surface area contributed by atoms with E-state index in [9.17, 15) is 14.7 Å². The molecule has 3 aliphatic rings. The third kappa shape index (κ3) is 2.13. The quantitative estimate of drug-likeness (QED) is 0.811. The molecule has 1 saturated carbocycles. The van der Waals surface area contributed by atoms with Crippen LogP contribution < -0.4 is 5.32 Å². The van der Waals surface area contributed by atoms with Gasteiger partial charge in [-0.25, -0.2) is 0 Å². The van der Waals surface area contributed by atoms with Gasteiger partial charge in [-0.05, 0) is 26.2 Å². The number of nitrogens with one attached hydrogen (secondary N) is 1. The summed E-state index contributed by atoms with van der Waals surface area (Å²) in [7, 11) is 0. The highest BCUT2D eigenvalue weighted by molar-refractivity contribution is 8.01. The van der Waals surface area contributed by atoms with Crippen LogP contribution in [-0.2, 0) is 9.59 Å². The summed E-state index contributed by atoms with van der Waals surface area (Å²) in [6.07, 6.45) is 5.12. The number of aliphatic hydroxyl groups excluding tert-OH is 1. The lowest BCUT2D eigenvalue weighted by atomic mass is 9.98. The van der Waals surface area contributed by atoms with Gasteiger partial charge in [-0.2, -0.15) is 0 Å². The Labute approximate surface area is 123 Å². The van der Waals surface area contributed by atoms with Gasteiger partial charge in [0.05, 0.1) is 17.0 Å². The number of amides is 2. The maximum Gasteiger partial charge on any atom is 0.244 e. The van der Waals surface area contributed by atoms with Crippen molar-refractivity contribution in [2.45, 2.75) is 61.9 Å². The van der Waals surface area contributed by atoms with E-state index in [0.717, 1.165) is 32.1 Å². The molecule has 0 aromatic rings. The molecule has 112 valence electrons. The van der Waals surface area contributed by atoms with E-state index < -0.39 is 5.54 Å². The minimum absolute atomic E-state index is 0.0101. The highest BCUT2D eigenvalue weighted by Crippen LogP contribution is 2.47. The lowest BCUT2D eigenvalue weighted by molar-refractivity contribution is -0.139. The van der Waals surface area contributed by atoms with Gasteiger partial charge in [0.25, 0.3) is 0 Å². The third-order valence-electron chi connectivity index (χ3n) is 5.00. The molecule has 2 atom stereocenters. The maximum atomic E-state index is 12.6. The van der Waals surface area contributed by atoms with Crippen molar-refractivity contribution < 1.29 is 14.7 Å². The molecule has 6 heteroatoms. The Morgan fingerprint density at radius 3 is 2.80 bits per heavy atom. The second kappa shape index (κ2) is 4.91. The van der Waals surface area contributed by atoms with E-state index in [1.54, 1.807) is 16.7 Å². The van der Waals surface area contributed by atoms with E-state index >= 15 is 0 Å². The van der Waals surface area contributed by atoms with Gasteiger partial charge >= 0.3 is 0 Å². The summed E-state index contributed by atoms with van der Waals surface area (Å²) in [4.78, 5) is 26.2. The van der Waals surface area contributed by atoms with Gasteiger partial charge in [-0.1, -0.05) is 12.8 Å². The molecule has 20 heavy (non-hydrogen) atoms. The molecule has 0 radical (unpaired) electrons. The summed E-state index contributed by atoms with van der Waals surface area (Å²) in [5.74, 6) is 0.657. The van der Waals surface area contributed by atoms with Crippen molar-refractivity contribution in [3.05, 3.63) is 0 Å². The average Bonchev–Trinajstić information content (AvgIpc) is 3.08. The van der Waals surface area contributed by atoms with E-state index in [0.29, 0.717) is 12.2 Å². The molecule has 3 rings (SSSR count). The van der Waals surface area contributed by atoms with Crippen molar-refractivity contribution in [2.75, 3.05) is 12.4 Å². The summed E-state index contributed by atoms with van der Waals surface area (Å²) in [5, 5.41) is 12.6. The Morgan fingerprint density at radius 1 is 1.45 bits per heavy atom. The normalized spacial score (nSPS) is 35.4. The molecule has 3 fully saturated rings. The first kappa shape index (κ1) is 14.2. The number of carbonyl (C=O) groups is 2. The zero-order valence-corrected chi connectivity index (χ0v) is 12.7. The Balaban J connectivity index is 1.73. The van der Waals surface area contributed by atoms with E-state index in [2.05, 4.69) is 5.32 Å². The zero-order valence-electron chi connectivity index (χ0n) is 11.9. The number of carbonyl (C=O) groups excluding carboxylic acids is 2. The van der Waals surface area contributed by atoms with Crippen LogP contribution in [0.4, 0.5) is 0 Å². The van der Waals surface area contributed by atoms with Crippen molar-refractivity contribution in [3.8, 4) is 0 Å². The van der Waals surface area contributed by atoms with E-state index in [1.807, 2.05) is 6.92 Å². The minimum atomic E-state index is -0.455. The summed E-state index contributed by atoms with van der Waals surface area (Å²) in [5.41, 5.74) is -0.455. The Kier molecular flexibility index (Phi) is 3.49. The first-order valence-corrected chi connectivity index (χ1v) is 8.37. The molecule has 0 bridgehead atoms. The van der Waals surface area contributed by atoms with Crippen molar-refractivity contribution in [1.82, 2.24) is 10.2 Å². The van der Waals surface area contributed by atoms with E-state index in [4.69, 9.17) is 0 Å². The Morgan fingerprint density at radius 2 is 2.15 bits per heavy atom. The smallest absolute Gasteiger partial charge is 0.244 e. The number of nitrogens with zero attached hydrogens (tertiary/aromatic N) is 1. The molecule has 0 spiro atoms. The van der Waals surface area contributed by atoms with E-state index in [1.165, 1.54) is 0 Å². The fourth-order valence-corrected chi connectivity index (χ4v) is 5.17. The highest BCUT2D eigenvalue weighted by atomic mass is 32.2. The van der Waals surface area contributed by atoms with Gasteiger partial charge in [0.15, 0.2) is 0 Å². The zero-order chi connectivity index (χ0) is 14.4. The predicted molar refractivity (Wildman–Crippen MR) is 77.2 cm³/mol. The summed E-state index contributed by atoms with van der Waals surface area (Å²) in [6.45, 7) is 2.04. The molecule has 2 saturated heterocycles. The topological polar surface area (TPSA) is 69.6 Å². The summed E-state index contributed by atoms with van der Waals surface area (Å²) in [6, 6.07) is -0.371. The number of thioether (sulfide) groups is 1. The van der Waals surface area contributed by atoms with Crippen LogP contribution >= 0.6 is 11.8 Å². The Bertz CT molecular complexity index is 436. The first-order chi connectivity index (χ1) is 9.50. The number of fused-ring (bicyclic) bond motifs is 1. The van der Waals surface area contributed by atoms with Gasteiger partial charge in [0.1, 0.15) is 6.04 Å². The van der Waals surface area contributed by atoms with Gasteiger partial charge in [-0.15, -0.1) is 11.8 Å². The highest BCUT2D eigenvalue weighted by Gasteiger charge is 2.53. The second-order valence-corrected chi connectivity index (χ2v) is 7.90. The number of rotatable bonds is 3. The first-order valence-electron chi connectivity index (χ1n) is 7.39. The van der Waals surface area contributed by atoms with Gasteiger partial charge in [-0.3, -0.25) is 9.59 Å². The predicted octanol–water partition coefficient (Wildman–Crippen LogP) is 0.862. The van der Waals surface area contributed by atoms with Crippen LogP contribution in [0.3, 0.4) is 0 Å². The SMILES string of the molecule is CC12CCC(=O)N1C(C(=O)NC1(CO)CCCC1)CS2. The lowest BCUT2D eigenvalue weighted by Crippen LogP contribution is -2.57. The maximum absolute atomic E-state index is 12.6. The van der Waals surface area contributed by atoms with Crippen LogP contribution in [0.2, 0.25) is 0 Å². The number of hydrogen-bond donors (Lipinski definition) is 2. The van der Waals surface area contributed by atoms with Gasteiger partial charge < -0.3 is 15.3 Å². The molecular weight excluding hydrogens is 276 g/mol. The van der Waals surface area contributed by atoms with E-state index in [-0.39, 0.29) is 29.3 Å². The van der Waals surface area contributed by atoms with Crippen LogP contribution in [-0.4, -0.2) is 50.6 Å². The molecular formula is C14H22N2O3S. The molecule has 5 nitrogen and oxygen atoms in total. The van der Waals surface area contributed by atoms with Gasteiger partial charge in [0.2, 0.25) is 11.8 Å². The molecule has 2 N–H and O–H groups in total. The number of hydrogen-bond acceptors (Lipinski definition) is 4. The van der Waals surface area contributed by atoms with Crippen LogP contribution in [0.5, 0.6) is 0 Å². The van der Waals surface area contributed by atoms with Gasteiger partial charge in [0, 0.05) is 12.2 Å². The molecule has 2 unspecified atom stereocenters. The van der Waals surface area contributed by atoms with Crippen molar-refractivity contribution in [3.63, 3.8) is 0 Å². The molecule has 2 aliphatic heterocycles. The molecule has 2 amide bonds. The minimum Gasteiger partial charge on any atom is -0.394 e. The molecule has 1 aliphatic carbocycles. The standard InChI is InChI=1S/C14H22N2O3S/c1-13-7-4-11(18)16(13)10(8-20-13)12(19)15-14(9-17)5-2-3-6-14/h10,17H,2-9H2,1H3,(H,15,19). The lowest BCUT2D eigenvalue weighted by Gasteiger charge is -2.33. The fraction of sp³-hybridized carbons (Fsp3) is 0.857. The van der Waals surface area contributed by atoms with Crippen molar-refractivity contribution in [1.29, 1.82) is 0 Å². The van der Waals surface area contributed by atoms with Crippen LogP contribution in [0, 0.1) is 0 Å². The second-order valence-electron chi connectivity index (χ2n) is 6.40. The monoisotopic (exact) mass is 298 g/mol. The van der Waals surface area contributed by atoms with Crippen LogP contribution in [0.15, 0.2) is 0 Å². The largest absolute Gasteiger partial charge is 0.394 e. The fourth-order valence-electron chi connectivity index (χ4n) is 3.73. The average molecular weight is 298 g/mol. The Hall–Kier alpha value is -0.750. The molecule has 0 aromatic carbocycles. The van der Waals surface area contributed by atoms with Crippen molar-refractivity contribution >= 4 is 23.6 Å². The van der Waals surface area contributed by atoms with Crippen LogP contribution in [0.25, 0.3) is 0 Å². The summed E-state index contributed by atoms with van der Waals surface area (Å²) >= 11 is 1.70. The summed E-state index contributed by atoms with van der Waals surface area (Å²) < 4.78 is 0. The molecule has 2 heterocycles.